The molecule has 5 heteroatoms. The van der Waals surface area contributed by atoms with E-state index in [9.17, 15) is 0 Å². The molecule has 0 spiro atoms. The molecule has 0 aliphatic heterocycles. The van der Waals surface area contributed by atoms with Crippen molar-refractivity contribution in [3.63, 3.8) is 0 Å². The summed E-state index contributed by atoms with van der Waals surface area (Å²) in [6.45, 7) is 5.48. The van der Waals surface area contributed by atoms with Crippen molar-refractivity contribution < 1.29 is 0 Å². The molecular weight excluding hydrogens is 332 g/mol. The zero-order chi connectivity index (χ0) is 17.6. The van der Waals surface area contributed by atoms with Gasteiger partial charge < -0.3 is 9.88 Å². The van der Waals surface area contributed by atoms with Gasteiger partial charge in [-0.15, -0.1) is 0 Å². The lowest BCUT2D eigenvalue weighted by atomic mass is 10.1. The summed E-state index contributed by atoms with van der Waals surface area (Å²) in [6, 6.07) is 9.88. The summed E-state index contributed by atoms with van der Waals surface area (Å²) in [5.41, 5.74) is 4.54. The summed E-state index contributed by atoms with van der Waals surface area (Å²) in [7, 11) is 0. The maximum atomic E-state index is 6.04. The summed E-state index contributed by atoms with van der Waals surface area (Å²) in [5.74, 6) is 0.830. The lowest BCUT2D eigenvalue weighted by Crippen LogP contribution is -2.05. The van der Waals surface area contributed by atoms with Crippen molar-refractivity contribution in [3.8, 4) is 0 Å². The summed E-state index contributed by atoms with van der Waals surface area (Å²) in [5, 5.41) is 4.10. The zero-order valence-electron chi connectivity index (χ0n) is 14.4. The normalized spacial score (nSPS) is 11.2. The molecule has 0 bridgehead atoms. The van der Waals surface area contributed by atoms with Crippen molar-refractivity contribution in [3.05, 3.63) is 82.5 Å². The topological polar surface area (TPSA) is 42.7 Å². The third kappa shape index (κ3) is 4.48. The van der Waals surface area contributed by atoms with Crippen LogP contribution in [0.4, 0.5) is 5.82 Å². The van der Waals surface area contributed by atoms with Crippen LogP contribution in [0.3, 0.4) is 0 Å². The zero-order valence-corrected chi connectivity index (χ0v) is 15.2. The number of imidazole rings is 1. The Labute approximate surface area is 153 Å². The number of anilines is 1. The molecule has 25 heavy (non-hydrogen) atoms. The van der Waals surface area contributed by atoms with Crippen LogP contribution < -0.4 is 5.32 Å². The predicted octanol–water partition coefficient (Wildman–Crippen LogP) is 4.93. The van der Waals surface area contributed by atoms with Crippen LogP contribution >= 0.6 is 11.6 Å². The van der Waals surface area contributed by atoms with E-state index in [1.165, 1.54) is 5.56 Å². The van der Waals surface area contributed by atoms with Crippen LogP contribution in [0, 0.1) is 6.92 Å². The van der Waals surface area contributed by atoms with Crippen LogP contribution in [-0.4, -0.2) is 14.5 Å². The molecule has 0 unspecified atom stereocenters. The van der Waals surface area contributed by atoms with E-state index in [1.807, 2.05) is 60.6 Å². The number of halogens is 1. The van der Waals surface area contributed by atoms with Crippen LogP contribution in [-0.2, 0) is 13.1 Å². The third-order valence-electron chi connectivity index (χ3n) is 3.95. The largest absolute Gasteiger partial charge is 0.363 e. The molecule has 2 aromatic heterocycles. The van der Waals surface area contributed by atoms with Gasteiger partial charge in [-0.1, -0.05) is 35.9 Å². The fourth-order valence-corrected chi connectivity index (χ4v) is 2.93. The van der Waals surface area contributed by atoms with Gasteiger partial charge in [0.2, 0.25) is 0 Å². The number of nitrogens with one attached hydrogen (secondary N) is 1. The summed E-state index contributed by atoms with van der Waals surface area (Å²) in [4.78, 5) is 8.92. The predicted molar refractivity (Wildman–Crippen MR) is 104 cm³/mol. The number of benzene rings is 1. The second kappa shape index (κ2) is 7.99. The van der Waals surface area contributed by atoms with Crippen LogP contribution in [0.1, 0.15) is 29.3 Å². The maximum Gasteiger partial charge on any atom is 0.144 e. The van der Waals surface area contributed by atoms with Crippen LogP contribution in [0.15, 0.2) is 55.1 Å². The average Bonchev–Trinajstić information content (AvgIpc) is 3.03. The molecule has 1 N–H and O–H groups in total. The Kier molecular flexibility index (Phi) is 5.51. The Morgan fingerprint density at radius 1 is 1.24 bits per heavy atom. The SMILES string of the molecule is C/C=C\c1c(C)ccnc1CNc1cn(Cc2cccc(Cl)c2)cn1. The first-order valence-corrected chi connectivity index (χ1v) is 8.61. The number of rotatable bonds is 6. The molecule has 0 aliphatic carbocycles. The minimum atomic E-state index is 0.634. The van der Waals surface area contributed by atoms with E-state index in [2.05, 4.69) is 34.4 Å². The van der Waals surface area contributed by atoms with Crippen molar-refractivity contribution in [1.82, 2.24) is 14.5 Å². The third-order valence-corrected chi connectivity index (χ3v) is 4.18. The number of hydrogen-bond acceptors (Lipinski definition) is 3. The van der Waals surface area contributed by atoms with Gasteiger partial charge in [0.15, 0.2) is 0 Å². The van der Waals surface area contributed by atoms with Crippen molar-refractivity contribution in [2.75, 3.05) is 5.32 Å². The van der Waals surface area contributed by atoms with E-state index in [1.54, 1.807) is 0 Å². The Bertz CT molecular complexity index is 883. The van der Waals surface area contributed by atoms with E-state index < -0.39 is 0 Å². The van der Waals surface area contributed by atoms with Gasteiger partial charge in [0.25, 0.3) is 0 Å². The highest BCUT2D eigenvalue weighted by atomic mass is 35.5. The van der Waals surface area contributed by atoms with Crippen LogP contribution in [0.25, 0.3) is 6.08 Å². The highest BCUT2D eigenvalue weighted by molar-refractivity contribution is 6.30. The maximum absolute atomic E-state index is 6.04. The second-order valence-corrected chi connectivity index (χ2v) is 6.34. The number of allylic oxidation sites excluding steroid dienone is 1. The minimum absolute atomic E-state index is 0.634. The number of hydrogen-bond donors (Lipinski definition) is 1. The first-order valence-electron chi connectivity index (χ1n) is 8.23. The average molecular weight is 353 g/mol. The van der Waals surface area contributed by atoms with E-state index >= 15 is 0 Å². The Morgan fingerprint density at radius 3 is 2.92 bits per heavy atom. The summed E-state index contributed by atoms with van der Waals surface area (Å²) >= 11 is 6.04. The van der Waals surface area contributed by atoms with Crippen molar-refractivity contribution in [2.45, 2.75) is 26.9 Å². The molecule has 3 rings (SSSR count). The first kappa shape index (κ1) is 17.2. The molecule has 2 heterocycles. The molecule has 0 radical (unpaired) electrons. The van der Waals surface area contributed by atoms with E-state index in [4.69, 9.17) is 11.6 Å². The Balaban J connectivity index is 1.67. The van der Waals surface area contributed by atoms with Gasteiger partial charge in [0.1, 0.15) is 5.82 Å². The van der Waals surface area contributed by atoms with E-state index in [-0.39, 0.29) is 0 Å². The number of aryl methyl sites for hydroxylation is 1. The molecule has 4 nitrogen and oxygen atoms in total. The molecule has 0 amide bonds. The minimum Gasteiger partial charge on any atom is -0.363 e. The standard InChI is InChI=1S/C20H21ClN4/c1-3-5-18-15(2)8-9-22-19(18)11-23-20-13-25(14-24-20)12-16-6-4-7-17(21)10-16/h3-10,13-14,23H,11-12H2,1-2H3/b5-3-. The van der Waals surface area contributed by atoms with Crippen LogP contribution in [0.5, 0.6) is 0 Å². The number of pyridine rings is 1. The van der Waals surface area contributed by atoms with Gasteiger partial charge in [-0.3, -0.25) is 4.98 Å². The van der Waals surface area contributed by atoms with Crippen LogP contribution in [0.2, 0.25) is 5.02 Å². The molecule has 0 fully saturated rings. The van der Waals surface area contributed by atoms with Gasteiger partial charge in [-0.2, -0.15) is 0 Å². The number of nitrogens with zero attached hydrogens (tertiary/aromatic N) is 3. The van der Waals surface area contributed by atoms with Crippen molar-refractivity contribution in [2.24, 2.45) is 0 Å². The molecule has 0 aliphatic rings. The molecular formula is C20H21ClN4. The molecule has 0 saturated carbocycles. The molecule has 0 saturated heterocycles. The van der Waals surface area contributed by atoms with Crippen molar-refractivity contribution in [1.29, 1.82) is 0 Å². The fourth-order valence-electron chi connectivity index (χ4n) is 2.72. The summed E-state index contributed by atoms with van der Waals surface area (Å²) < 4.78 is 2.03. The van der Waals surface area contributed by atoms with E-state index in [0.717, 1.165) is 34.2 Å². The molecule has 3 aromatic rings. The van der Waals surface area contributed by atoms with Gasteiger partial charge in [-0.05, 0) is 43.2 Å². The Hall–Kier alpha value is -2.59. The lowest BCUT2D eigenvalue weighted by molar-refractivity contribution is 0.797. The summed E-state index contributed by atoms with van der Waals surface area (Å²) in [6.07, 6.45) is 9.78. The van der Waals surface area contributed by atoms with Gasteiger partial charge in [-0.25, -0.2) is 4.98 Å². The molecule has 128 valence electrons. The van der Waals surface area contributed by atoms with E-state index in [0.29, 0.717) is 6.54 Å². The highest BCUT2D eigenvalue weighted by Gasteiger charge is 2.06. The van der Waals surface area contributed by atoms with Gasteiger partial charge in [0.05, 0.1) is 18.6 Å². The smallest absolute Gasteiger partial charge is 0.144 e. The Morgan fingerprint density at radius 2 is 2.12 bits per heavy atom. The van der Waals surface area contributed by atoms with Gasteiger partial charge >= 0.3 is 0 Å². The van der Waals surface area contributed by atoms with Crippen molar-refractivity contribution >= 4 is 23.5 Å². The highest BCUT2D eigenvalue weighted by Crippen LogP contribution is 2.16. The molecule has 1 aromatic carbocycles. The fraction of sp³-hybridized carbons (Fsp3) is 0.200. The lowest BCUT2D eigenvalue weighted by Gasteiger charge is -2.09. The second-order valence-electron chi connectivity index (χ2n) is 5.90. The first-order chi connectivity index (χ1) is 12.2. The monoisotopic (exact) mass is 352 g/mol. The quantitative estimate of drug-likeness (QED) is 0.683. The molecule has 0 atom stereocenters. The van der Waals surface area contributed by atoms with Gasteiger partial charge in [0, 0.05) is 29.5 Å². The number of aromatic nitrogens is 3.